The maximum absolute atomic E-state index is 6.14. The molecular formula is C20H17NO4S. The number of oxazole rings is 1. The van der Waals surface area contributed by atoms with Crippen LogP contribution in [0.15, 0.2) is 58.5 Å². The quantitative estimate of drug-likeness (QED) is 0.629. The molecule has 0 radical (unpaired) electrons. The average Bonchev–Trinajstić information content (AvgIpc) is 3.27. The van der Waals surface area contributed by atoms with Crippen LogP contribution >= 0.6 is 12.2 Å². The molecule has 0 aliphatic carbocycles. The predicted molar refractivity (Wildman–Crippen MR) is 99.6 cm³/mol. The zero-order valence-electron chi connectivity index (χ0n) is 14.2. The third-order valence-electron chi connectivity index (χ3n) is 4.74. The van der Waals surface area contributed by atoms with Gasteiger partial charge in [-0.2, -0.15) is 0 Å². The Morgan fingerprint density at radius 3 is 2.58 bits per heavy atom. The van der Waals surface area contributed by atoms with Crippen LogP contribution in [-0.4, -0.2) is 30.2 Å². The highest BCUT2D eigenvalue weighted by Crippen LogP contribution is 2.41. The van der Waals surface area contributed by atoms with Crippen molar-refractivity contribution in [1.29, 1.82) is 0 Å². The van der Waals surface area contributed by atoms with Gasteiger partial charge >= 0.3 is 0 Å². The van der Waals surface area contributed by atoms with Crippen molar-refractivity contribution in [3.05, 3.63) is 64.5 Å². The molecule has 1 atom stereocenters. The van der Waals surface area contributed by atoms with E-state index in [0.717, 1.165) is 33.7 Å². The highest BCUT2D eigenvalue weighted by molar-refractivity contribution is 7.71. The molecule has 0 bridgehead atoms. The minimum atomic E-state index is -0.455. The van der Waals surface area contributed by atoms with Gasteiger partial charge in [0, 0.05) is 5.56 Å². The topological polar surface area (TPSA) is 45.8 Å². The van der Waals surface area contributed by atoms with Gasteiger partial charge in [0.2, 0.25) is 0 Å². The second kappa shape index (κ2) is 6.09. The number of para-hydroxylation sites is 3. The first-order chi connectivity index (χ1) is 12.7. The molecule has 6 heteroatoms. The number of rotatable bonds is 2. The van der Waals surface area contributed by atoms with Gasteiger partial charge in [-0.25, -0.2) is 0 Å². The van der Waals surface area contributed by atoms with Crippen LogP contribution in [0.2, 0.25) is 0 Å². The molecule has 5 rings (SSSR count). The number of aromatic nitrogens is 1. The van der Waals surface area contributed by atoms with E-state index in [9.17, 15) is 0 Å². The highest BCUT2D eigenvalue weighted by Gasteiger charge is 2.36. The van der Waals surface area contributed by atoms with Gasteiger partial charge in [-0.1, -0.05) is 24.3 Å². The summed E-state index contributed by atoms with van der Waals surface area (Å²) in [7, 11) is 0. The Labute approximate surface area is 155 Å². The first-order valence-electron chi connectivity index (χ1n) is 8.58. The molecule has 0 spiro atoms. The summed E-state index contributed by atoms with van der Waals surface area (Å²) in [6.07, 6.45) is -0.664. The van der Waals surface area contributed by atoms with Crippen LogP contribution in [0.1, 0.15) is 12.5 Å². The first kappa shape index (κ1) is 15.8. The molecule has 3 aromatic rings. The number of hydrogen-bond acceptors (Lipinski definition) is 5. The maximum atomic E-state index is 6.14. The molecule has 1 fully saturated rings. The molecule has 0 N–H and O–H groups in total. The monoisotopic (exact) mass is 367 g/mol. The van der Waals surface area contributed by atoms with Crippen molar-refractivity contribution in [2.45, 2.75) is 19.3 Å². The second-order valence-electron chi connectivity index (χ2n) is 6.30. The van der Waals surface area contributed by atoms with Crippen molar-refractivity contribution in [2.75, 3.05) is 13.2 Å². The highest BCUT2D eigenvalue weighted by atomic mass is 32.1. The van der Waals surface area contributed by atoms with E-state index in [4.69, 9.17) is 30.8 Å². The van der Waals surface area contributed by atoms with Crippen LogP contribution < -0.4 is 4.74 Å². The summed E-state index contributed by atoms with van der Waals surface area (Å²) in [6, 6.07) is 15.8. The summed E-state index contributed by atoms with van der Waals surface area (Å²) < 4.78 is 25.6. The summed E-state index contributed by atoms with van der Waals surface area (Å²) >= 11 is 5.57. The molecule has 1 aromatic heterocycles. The Kier molecular flexibility index (Phi) is 3.70. The third kappa shape index (κ3) is 2.34. The summed E-state index contributed by atoms with van der Waals surface area (Å²) in [5.74, 6) is 0.809. The Hall–Kier alpha value is -2.41. The van der Waals surface area contributed by atoms with Gasteiger partial charge in [0.15, 0.2) is 11.9 Å². The molecule has 2 aliphatic heterocycles. The molecular weight excluding hydrogens is 350 g/mol. The van der Waals surface area contributed by atoms with E-state index < -0.39 is 6.29 Å². The van der Waals surface area contributed by atoms with Crippen molar-refractivity contribution in [3.8, 4) is 5.75 Å². The van der Waals surface area contributed by atoms with Gasteiger partial charge in [-0.15, -0.1) is 0 Å². The van der Waals surface area contributed by atoms with Crippen molar-refractivity contribution < 1.29 is 18.6 Å². The number of hydrogen-bond donors (Lipinski definition) is 0. The Morgan fingerprint density at radius 2 is 1.73 bits per heavy atom. The standard InChI is InChI=1S/C20H17NO4S/c1-12-17(19-22-10-11-23-19)18(13-6-2-4-8-15(13)24-12)21-14-7-3-5-9-16(14)25-20(21)26/h2-9,12,19H,10-11H2,1H3. The molecule has 1 saturated heterocycles. The fourth-order valence-corrected chi connectivity index (χ4v) is 3.92. The fraction of sp³-hybridized carbons (Fsp3) is 0.250. The van der Waals surface area contributed by atoms with Crippen LogP contribution in [0.5, 0.6) is 5.75 Å². The predicted octanol–water partition coefficient (Wildman–Crippen LogP) is 4.38. The zero-order chi connectivity index (χ0) is 17.7. The van der Waals surface area contributed by atoms with E-state index in [1.54, 1.807) is 0 Å². The van der Waals surface area contributed by atoms with Crippen LogP contribution in [0.3, 0.4) is 0 Å². The Balaban J connectivity index is 1.87. The van der Waals surface area contributed by atoms with Crippen LogP contribution in [0.25, 0.3) is 16.8 Å². The molecule has 132 valence electrons. The van der Waals surface area contributed by atoms with Gasteiger partial charge in [0.05, 0.1) is 30.0 Å². The largest absolute Gasteiger partial charge is 0.485 e. The minimum absolute atomic E-state index is 0.210. The first-order valence-corrected chi connectivity index (χ1v) is 8.99. The van der Waals surface area contributed by atoms with Crippen LogP contribution in [0.4, 0.5) is 0 Å². The summed E-state index contributed by atoms with van der Waals surface area (Å²) in [4.78, 5) is 0.389. The van der Waals surface area contributed by atoms with E-state index in [1.807, 2.05) is 60.0 Å². The lowest BCUT2D eigenvalue weighted by atomic mass is 9.97. The van der Waals surface area contributed by atoms with Crippen LogP contribution in [-0.2, 0) is 9.47 Å². The average molecular weight is 367 g/mol. The number of ether oxygens (including phenoxy) is 3. The molecule has 3 heterocycles. The van der Waals surface area contributed by atoms with Gasteiger partial charge in [-0.05, 0) is 43.4 Å². The lowest BCUT2D eigenvalue weighted by molar-refractivity contribution is -0.0234. The van der Waals surface area contributed by atoms with Gasteiger partial charge in [0.1, 0.15) is 11.9 Å². The van der Waals surface area contributed by atoms with Crippen molar-refractivity contribution >= 4 is 29.0 Å². The molecule has 0 amide bonds. The van der Waals surface area contributed by atoms with Crippen molar-refractivity contribution in [2.24, 2.45) is 0 Å². The smallest absolute Gasteiger partial charge is 0.274 e. The second-order valence-corrected chi connectivity index (χ2v) is 6.65. The normalized spacial score (nSPS) is 20.4. The van der Waals surface area contributed by atoms with E-state index in [1.165, 1.54) is 0 Å². The van der Waals surface area contributed by atoms with Crippen molar-refractivity contribution in [1.82, 2.24) is 4.57 Å². The lowest BCUT2D eigenvalue weighted by Crippen LogP contribution is -2.31. The summed E-state index contributed by atoms with van der Waals surface area (Å²) in [6.45, 7) is 3.13. The molecule has 2 aliphatic rings. The summed E-state index contributed by atoms with van der Waals surface area (Å²) in [5.41, 5.74) is 4.44. The SMILES string of the molecule is CC1Oc2ccccc2C(n2c(=S)oc3ccccc32)=C1C1OCCO1. The fourth-order valence-electron chi connectivity index (χ4n) is 3.64. The molecule has 0 saturated carbocycles. The van der Waals surface area contributed by atoms with E-state index in [0.29, 0.717) is 18.1 Å². The molecule has 2 aromatic carbocycles. The van der Waals surface area contributed by atoms with Gasteiger partial charge in [-0.3, -0.25) is 4.57 Å². The Morgan fingerprint density at radius 1 is 1.00 bits per heavy atom. The summed E-state index contributed by atoms with van der Waals surface area (Å²) in [5, 5.41) is 0. The number of benzene rings is 2. The molecule has 1 unspecified atom stereocenters. The Bertz CT molecular complexity index is 1070. The molecule has 5 nitrogen and oxygen atoms in total. The van der Waals surface area contributed by atoms with Crippen LogP contribution in [0, 0.1) is 4.84 Å². The van der Waals surface area contributed by atoms with E-state index in [2.05, 4.69) is 0 Å². The number of nitrogens with zero attached hydrogens (tertiary/aromatic N) is 1. The maximum Gasteiger partial charge on any atom is 0.274 e. The zero-order valence-corrected chi connectivity index (χ0v) is 15.0. The minimum Gasteiger partial charge on any atom is -0.485 e. The lowest BCUT2D eigenvalue weighted by Gasteiger charge is -2.31. The van der Waals surface area contributed by atoms with Gasteiger partial charge < -0.3 is 18.6 Å². The van der Waals surface area contributed by atoms with Gasteiger partial charge in [0.25, 0.3) is 4.84 Å². The molecule has 26 heavy (non-hydrogen) atoms. The van der Waals surface area contributed by atoms with E-state index in [-0.39, 0.29) is 6.10 Å². The van der Waals surface area contributed by atoms with Crippen molar-refractivity contribution in [3.63, 3.8) is 0 Å². The third-order valence-corrected chi connectivity index (χ3v) is 5.01. The number of fused-ring (bicyclic) bond motifs is 2. The van der Waals surface area contributed by atoms with E-state index >= 15 is 0 Å².